The van der Waals surface area contributed by atoms with Crippen LogP contribution in [0.15, 0.2) is 53.0 Å². The summed E-state index contributed by atoms with van der Waals surface area (Å²) in [5.41, 5.74) is 3.14. The number of rotatable bonds is 8. The van der Waals surface area contributed by atoms with Gasteiger partial charge in [-0.15, -0.1) is 0 Å². The number of aromatic nitrogens is 2. The second-order valence-corrected chi connectivity index (χ2v) is 9.06. The molecule has 3 aromatic rings. The number of anilines is 1. The van der Waals surface area contributed by atoms with E-state index in [0.717, 1.165) is 58.8 Å². The van der Waals surface area contributed by atoms with Crippen molar-refractivity contribution in [3.8, 4) is 11.3 Å². The maximum Gasteiger partial charge on any atom is 0.226 e. The Morgan fingerprint density at radius 2 is 1.63 bits per heavy atom. The van der Waals surface area contributed by atoms with Crippen molar-refractivity contribution in [3.05, 3.63) is 53.0 Å². The van der Waals surface area contributed by atoms with E-state index in [1.165, 1.54) is 38.6 Å². The summed E-state index contributed by atoms with van der Waals surface area (Å²) in [6, 6.07) is 16.7. The number of hydrogen-bond acceptors (Lipinski definition) is 4. The highest BCUT2D eigenvalue weighted by Gasteiger charge is 2.20. The van der Waals surface area contributed by atoms with Crippen LogP contribution in [0.4, 0.5) is 5.95 Å². The molecule has 1 aromatic heterocycles. The molecule has 4 nitrogen and oxygen atoms in total. The first-order valence-electron chi connectivity index (χ1n) is 11.2. The van der Waals surface area contributed by atoms with Gasteiger partial charge in [0.2, 0.25) is 5.95 Å². The van der Waals surface area contributed by atoms with E-state index in [1.54, 1.807) is 0 Å². The molecular formula is C25H31BrN4. The maximum atomic E-state index is 5.03. The first kappa shape index (κ1) is 21.3. The summed E-state index contributed by atoms with van der Waals surface area (Å²) in [5, 5.41) is 1.09. The topological polar surface area (TPSA) is 32.3 Å². The van der Waals surface area contributed by atoms with Crippen molar-refractivity contribution in [3.63, 3.8) is 0 Å². The molecule has 2 aromatic carbocycles. The van der Waals surface area contributed by atoms with Gasteiger partial charge in [-0.1, -0.05) is 78.9 Å². The Morgan fingerprint density at radius 1 is 0.867 bits per heavy atom. The molecule has 2 heterocycles. The van der Waals surface area contributed by atoms with Gasteiger partial charge in [0, 0.05) is 41.6 Å². The third-order valence-corrected chi connectivity index (χ3v) is 6.42. The zero-order valence-corrected chi connectivity index (χ0v) is 19.4. The van der Waals surface area contributed by atoms with Crippen LogP contribution in [0.5, 0.6) is 0 Å². The van der Waals surface area contributed by atoms with Crippen molar-refractivity contribution in [2.45, 2.75) is 39.0 Å². The second kappa shape index (κ2) is 10.4. The smallest absolute Gasteiger partial charge is 0.226 e. The highest BCUT2D eigenvalue weighted by molar-refractivity contribution is 9.10. The average molecular weight is 467 g/mol. The Hall–Kier alpha value is -1.98. The molecule has 4 rings (SSSR count). The highest BCUT2D eigenvalue weighted by atomic mass is 79.9. The minimum absolute atomic E-state index is 0.853. The zero-order chi connectivity index (χ0) is 20.8. The Balaban J connectivity index is 1.49. The fourth-order valence-electron chi connectivity index (χ4n) is 4.16. The fourth-order valence-corrected chi connectivity index (χ4v) is 4.52. The third kappa shape index (κ3) is 5.19. The van der Waals surface area contributed by atoms with Crippen molar-refractivity contribution in [1.82, 2.24) is 14.9 Å². The molecule has 0 aliphatic carbocycles. The van der Waals surface area contributed by atoms with Gasteiger partial charge in [0.25, 0.3) is 0 Å². The molecule has 1 fully saturated rings. The van der Waals surface area contributed by atoms with E-state index in [4.69, 9.17) is 9.97 Å². The van der Waals surface area contributed by atoms with Gasteiger partial charge in [-0.05, 0) is 31.2 Å². The van der Waals surface area contributed by atoms with Gasteiger partial charge in [-0.2, -0.15) is 0 Å². The summed E-state index contributed by atoms with van der Waals surface area (Å²) in [6.45, 7) is 7.67. The van der Waals surface area contributed by atoms with E-state index in [0.29, 0.717) is 0 Å². The third-order valence-electron chi connectivity index (χ3n) is 5.93. The molecule has 1 aliphatic rings. The molecular weight excluding hydrogens is 436 g/mol. The van der Waals surface area contributed by atoms with E-state index in [1.807, 2.05) is 6.07 Å². The molecule has 0 saturated carbocycles. The van der Waals surface area contributed by atoms with Crippen LogP contribution in [-0.4, -0.2) is 47.6 Å². The molecule has 0 N–H and O–H groups in total. The van der Waals surface area contributed by atoms with Crippen LogP contribution in [0.25, 0.3) is 22.2 Å². The number of halogens is 1. The van der Waals surface area contributed by atoms with Gasteiger partial charge in [0.1, 0.15) is 0 Å². The standard InChI is InChI=1S/C25H31BrN4/c1-2-3-4-5-9-14-29-15-17-30(18-16-29)25-27-23-13-12-21(26)19-22(23)24(28-25)20-10-7-6-8-11-20/h6-8,10-13,19H,2-5,9,14-18H2,1H3. The van der Waals surface area contributed by atoms with Crippen molar-refractivity contribution >= 4 is 32.8 Å². The van der Waals surface area contributed by atoms with Gasteiger partial charge < -0.3 is 4.90 Å². The Kier molecular flexibility index (Phi) is 7.34. The lowest BCUT2D eigenvalue weighted by Crippen LogP contribution is -2.47. The number of fused-ring (bicyclic) bond motifs is 1. The van der Waals surface area contributed by atoms with E-state index >= 15 is 0 Å². The molecule has 0 radical (unpaired) electrons. The Bertz CT molecular complexity index is 952. The molecule has 0 unspecified atom stereocenters. The molecule has 0 atom stereocenters. The normalized spacial score (nSPS) is 15.1. The molecule has 1 aliphatic heterocycles. The molecule has 0 bridgehead atoms. The monoisotopic (exact) mass is 466 g/mol. The van der Waals surface area contributed by atoms with Gasteiger partial charge in [-0.25, -0.2) is 9.97 Å². The number of benzene rings is 2. The summed E-state index contributed by atoms with van der Waals surface area (Å²) in [6.07, 6.45) is 6.73. The van der Waals surface area contributed by atoms with E-state index in [-0.39, 0.29) is 0 Å². The maximum absolute atomic E-state index is 5.03. The number of piperazine rings is 1. The van der Waals surface area contributed by atoms with Crippen LogP contribution in [-0.2, 0) is 0 Å². The van der Waals surface area contributed by atoms with Gasteiger partial charge in [-0.3, -0.25) is 4.90 Å². The van der Waals surface area contributed by atoms with Gasteiger partial charge >= 0.3 is 0 Å². The molecule has 30 heavy (non-hydrogen) atoms. The average Bonchev–Trinajstić information content (AvgIpc) is 2.79. The summed E-state index contributed by atoms with van der Waals surface area (Å²) in [7, 11) is 0. The van der Waals surface area contributed by atoms with Crippen LogP contribution in [0.2, 0.25) is 0 Å². The Morgan fingerprint density at radius 3 is 2.40 bits per heavy atom. The fraction of sp³-hybridized carbons (Fsp3) is 0.440. The predicted octanol–water partition coefficient (Wildman–Crippen LogP) is 6.15. The zero-order valence-electron chi connectivity index (χ0n) is 17.9. The summed E-state index contributed by atoms with van der Waals surface area (Å²) < 4.78 is 1.05. The first-order chi connectivity index (χ1) is 14.7. The van der Waals surface area contributed by atoms with Gasteiger partial charge in [0.05, 0.1) is 11.2 Å². The van der Waals surface area contributed by atoms with Crippen molar-refractivity contribution < 1.29 is 0 Å². The van der Waals surface area contributed by atoms with Crippen molar-refractivity contribution in [2.75, 3.05) is 37.6 Å². The molecule has 5 heteroatoms. The second-order valence-electron chi connectivity index (χ2n) is 8.14. The van der Waals surface area contributed by atoms with E-state index < -0.39 is 0 Å². The number of nitrogens with zero attached hydrogens (tertiary/aromatic N) is 4. The van der Waals surface area contributed by atoms with Crippen molar-refractivity contribution in [2.24, 2.45) is 0 Å². The van der Waals surface area contributed by atoms with Crippen molar-refractivity contribution in [1.29, 1.82) is 0 Å². The summed E-state index contributed by atoms with van der Waals surface area (Å²) >= 11 is 3.60. The van der Waals surface area contributed by atoms with Crippen LogP contribution >= 0.6 is 15.9 Å². The minimum atomic E-state index is 0.853. The SMILES string of the molecule is CCCCCCCN1CCN(c2nc(-c3ccccc3)c3cc(Br)ccc3n2)CC1. The lowest BCUT2D eigenvalue weighted by atomic mass is 10.1. The van der Waals surface area contributed by atoms with E-state index in [2.05, 4.69) is 75.1 Å². The molecule has 1 saturated heterocycles. The summed E-state index contributed by atoms with van der Waals surface area (Å²) in [4.78, 5) is 14.9. The predicted molar refractivity (Wildman–Crippen MR) is 130 cm³/mol. The first-order valence-corrected chi connectivity index (χ1v) is 12.0. The lowest BCUT2D eigenvalue weighted by molar-refractivity contribution is 0.251. The lowest BCUT2D eigenvalue weighted by Gasteiger charge is -2.35. The Labute approximate surface area is 188 Å². The highest BCUT2D eigenvalue weighted by Crippen LogP contribution is 2.30. The summed E-state index contributed by atoms with van der Waals surface area (Å²) in [5.74, 6) is 0.853. The molecule has 0 amide bonds. The minimum Gasteiger partial charge on any atom is -0.338 e. The molecule has 158 valence electrons. The van der Waals surface area contributed by atoms with Crippen LogP contribution in [0, 0.1) is 0 Å². The van der Waals surface area contributed by atoms with Crippen LogP contribution in [0.3, 0.4) is 0 Å². The van der Waals surface area contributed by atoms with Crippen LogP contribution in [0.1, 0.15) is 39.0 Å². The quantitative estimate of drug-likeness (QED) is 0.372. The van der Waals surface area contributed by atoms with E-state index in [9.17, 15) is 0 Å². The van der Waals surface area contributed by atoms with Gasteiger partial charge in [0.15, 0.2) is 0 Å². The molecule has 0 spiro atoms. The van der Waals surface area contributed by atoms with Crippen LogP contribution < -0.4 is 4.90 Å². The number of hydrogen-bond donors (Lipinski definition) is 0. The largest absolute Gasteiger partial charge is 0.338 e. The number of unbranched alkanes of at least 4 members (excludes halogenated alkanes) is 4.